The second-order valence-corrected chi connectivity index (χ2v) is 7.45. The fourth-order valence-corrected chi connectivity index (χ4v) is 4.48. The monoisotopic (exact) mass is 258 g/mol. The van der Waals surface area contributed by atoms with Gasteiger partial charge in [-0.15, -0.1) is 0 Å². The molecule has 0 heterocycles. The van der Waals surface area contributed by atoms with Crippen LogP contribution in [0.3, 0.4) is 0 Å². The van der Waals surface area contributed by atoms with E-state index < -0.39 is 21.0 Å². The van der Waals surface area contributed by atoms with Gasteiger partial charge in [-0.1, -0.05) is 0 Å². The Balaban J connectivity index is 4.60. The van der Waals surface area contributed by atoms with E-state index in [-0.39, 0.29) is 13.2 Å². The molecule has 0 aliphatic heterocycles. The third-order valence-corrected chi connectivity index (χ3v) is 6.74. The normalized spacial score (nSPS) is 16.3. The number of rotatable bonds is 8. The molecule has 92 valence electrons. The summed E-state index contributed by atoms with van der Waals surface area (Å²) in [5, 5.41) is -0.692. The van der Waals surface area contributed by atoms with Crippen LogP contribution in [0.4, 0.5) is 0 Å². The molecule has 0 saturated heterocycles. The smallest absolute Gasteiger partial charge is 0.330 e. The summed E-state index contributed by atoms with van der Waals surface area (Å²) in [5.41, 5.74) is 0. The van der Waals surface area contributed by atoms with E-state index >= 15 is 0 Å². The van der Waals surface area contributed by atoms with Gasteiger partial charge < -0.3 is 13.6 Å². The summed E-state index contributed by atoms with van der Waals surface area (Å²) in [6, 6.07) is 0. The van der Waals surface area contributed by atoms with E-state index in [9.17, 15) is 9.13 Å². The molecule has 0 aromatic heterocycles. The summed E-state index contributed by atoms with van der Waals surface area (Å²) in [4.78, 5) is 0. The van der Waals surface area contributed by atoms with Gasteiger partial charge in [0, 0.05) is 0 Å². The van der Waals surface area contributed by atoms with Gasteiger partial charge in [-0.2, -0.15) is 0 Å². The van der Waals surface area contributed by atoms with Gasteiger partial charge in [0.1, 0.15) is 5.40 Å². The van der Waals surface area contributed by atoms with Crippen LogP contribution in [0, 0.1) is 0 Å². The number of hydrogen-bond acceptors (Lipinski definition) is 5. The SMILES string of the molecule is CCO[PH](=O)C(C)P(=O)(OCC)OCC. The van der Waals surface area contributed by atoms with Gasteiger partial charge in [-0.05, 0) is 27.7 Å². The average molecular weight is 258 g/mol. The van der Waals surface area contributed by atoms with Crippen molar-refractivity contribution in [3.05, 3.63) is 0 Å². The van der Waals surface area contributed by atoms with E-state index in [1.54, 1.807) is 27.7 Å². The lowest BCUT2D eigenvalue weighted by Crippen LogP contribution is -2.07. The highest BCUT2D eigenvalue weighted by Gasteiger charge is 2.36. The van der Waals surface area contributed by atoms with Gasteiger partial charge in [0.25, 0.3) is 0 Å². The second-order valence-electron chi connectivity index (χ2n) is 2.80. The molecule has 0 amide bonds. The summed E-state index contributed by atoms with van der Waals surface area (Å²) >= 11 is 0. The Bertz CT molecular complexity index is 233. The molecule has 2 unspecified atom stereocenters. The van der Waals surface area contributed by atoms with Crippen molar-refractivity contribution in [2.24, 2.45) is 0 Å². The number of hydrogen-bond donors (Lipinski definition) is 0. The van der Waals surface area contributed by atoms with E-state index in [1.807, 2.05) is 0 Å². The maximum Gasteiger partial charge on any atom is 0.342 e. The first-order valence-corrected chi connectivity index (χ1v) is 8.07. The minimum Gasteiger partial charge on any atom is -0.330 e. The molecule has 15 heavy (non-hydrogen) atoms. The molecule has 0 saturated carbocycles. The quantitative estimate of drug-likeness (QED) is 0.626. The van der Waals surface area contributed by atoms with E-state index in [2.05, 4.69) is 0 Å². The standard InChI is InChI=1S/C8H20O5P2/c1-5-11-14(9)8(4)15(10,12-6-2)13-7-3/h8,14H,5-7H2,1-4H3. The average Bonchev–Trinajstić information content (AvgIpc) is 2.17. The zero-order valence-corrected chi connectivity index (χ0v) is 11.6. The summed E-state index contributed by atoms with van der Waals surface area (Å²) < 4.78 is 38.8. The molecular weight excluding hydrogens is 238 g/mol. The third kappa shape index (κ3) is 4.80. The molecule has 0 bridgehead atoms. The van der Waals surface area contributed by atoms with Gasteiger partial charge in [0.05, 0.1) is 19.8 Å². The molecular formula is C8H20O5P2. The Kier molecular flexibility index (Phi) is 7.76. The van der Waals surface area contributed by atoms with Crippen LogP contribution in [0.2, 0.25) is 0 Å². The van der Waals surface area contributed by atoms with Crippen LogP contribution in [0.25, 0.3) is 0 Å². The van der Waals surface area contributed by atoms with Gasteiger partial charge in [-0.3, -0.25) is 9.13 Å². The summed E-state index contributed by atoms with van der Waals surface area (Å²) in [6.45, 7) is 7.61. The molecule has 0 spiro atoms. The molecule has 2 atom stereocenters. The lowest BCUT2D eigenvalue weighted by Gasteiger charge is -2.22. The van der Waals surface area contributed by atoms with Crippen LogP contribution in [-0.2, 0) is 22.7 Å². The highest BCUT2D eigenvalue weighted by Crippen LogP contribution is 2.61. The molecule has 0 aromatic carbocycles. The van der Waals surface area contributed by atoms with Crippen LogP contribution < -0.4 is 0 Å². The molecule has 0 rings (SSSR count). The maximum absolute atomic E-state index is 12.1. The molecule has 0 aromatic rings. The summed E-state index contributed by atoms with van der Waals surface area (Å²) in [7, 11) is -5.67. The van der Waals surface area contributed by atoms with Crippen molar-refractivity contribution < 1.29 is 22.7 Å². The second kappa shape index (κ2) is 7.59. The molecule has 0 aliphatic carbocycles. The first-order chi connectivity index (χ1) is 7.01. The largest absolute Gasteiger partial charge is 0.342 e. The molecule has 7 heteroatoms. The van der Waals surface area contributed by atoms with Crippen LogP contribution in [0.1, 0.15) is 27.7 Å². The van der Waals surface area contributed by atoms with Crippen molar-refractivity contribution in [2.75, 3.05) is 19.8 Å². The van der Waals surface area contributed by atoms with E-state index in [1.165, 1.54) is 0 Å². The zero-order chi connectivity index (χ0) is 11.9. The zero-order valence-electron chi connectivity index (χ0n) is 9.69. The Morgan fingerprint density at radius 2 is 1.60 bits per heavy atom. The highest BCUT2D eigenvalue weighted by atomic mass is 31.2. The lowest BCUT2D eigenvalue weighted by molar-refractivity contribution is 0.217. The summed E-state index contributed by atoms with van der Waals surface area (Å²) in [5.74, 6) is 0. The van der Waals surface area contributed by atoms with Crippen molar-refractivity contribution in [2.45, 2.75) is 33.1 Å². The van der Waals surface area contributed by atoms with E-state index in [0.29, 0.717) is 6.61 Å². The van der Waals surface area contributed by atoms with E-state index in [0.717, 1.165) is 0 Å². The molecule has 0 aliphatic rings. The van der Waals surface area contributed by atoms with Crippen molar-refractivity contribution in [3.63, 3.8) is 0 Å². The summed E-state index contributed by atoms with van der Waals surface area (Å²) in [6.07, 6.45) is 0. The highest BCUT2D eigenvalue weighted by molar-refractivity contribution is 7.67. The Hall–Kier alpha value is 0.340. The molecule has 0 radical (unpaired) electrons. The van der Waals surface area contributed by atoms with Crippen LogP contribution in [0.15, 0.2) is 0 Å². The molecule has 0 fully saturated rings. The van der Waals surface area contributed by atoms with Gasteiger partial charge >= 0.3 is 7.60 Å². The minimum atomic E-state index is -3.29. The predicted octanol–water partition coefficient (Wildman–Crippen LogP) is 3.11. The fraction of sp³-hybridized carbons (Fsp3) is 1.00. The van der Waals surface area contributed by atoms with Gasteiger partial charge in [-0.25, -0.2) is 0 Å². The third-order valence-electron chi connectivity index (χ3n) is 1.72. The van der Waals surface area contributed by atoms with Gasteiger partial charge in [0.15, 0.2) is 0 Å². The molecule has 5 nitrogen and oxygen atoms in total. The van der Waals surface area contributed by atoms with Crippen molar-refractivity contribution >= 4 is 15.6 Å². The molecule has 0 N–H and O–H groups in total. The van der Waals surface area contributed by atoms with Crippen LogP contribution in [-0.4, -0.2) is 25.2 Å². The first-order valence-electron chi connectivity index (χ1n) is 5.07. The van der Waals surface area contributed by atoms with Crippen molar-refractivity contribution in [1.82, 2.24) is 0 Å². The van der Waals surface area contributed by atoms with Gasteiger partial charge in [0.2, 0.25) is 8.03 Å². The predicted molar refractivity (Wildman–Crippen MR) is 60.9 cm³/mol. The minimum absolute atomic E-state index is 0.267. The van der Waals surface area contributed by atoms with Crippen LogP contribution in [0.5, 0.6) is 0 Å². The van der Waals surface area contributed by atoms with E-state index in [4.69, 9.17) is 13.6 Å². The topological polar surface area (TPSA) is 61.8 Å². The Labute approximate surface area is 91.9 Å². The lowest BCUT2D eigenvalue weighted by atomic mass is 10.9. The van der Waals surface area contributed by atoms with Crippen molar-refractivity contribution in [3.8, 4) is 0 Å². The fourth-order valence-electron chi connectivity index (χ4n) is 1.01. The maximum atomic E-state index is 12.1. The first kappa shape index (κ1) is 15.3. The Morgan fingerprint density at radius 1 is 1.13 bits per heavy atom. The van der Waals surface area contributed by atoms with Crippen molar-refractivity contribution in [1.29, 1.82) is 0 Å². The Morgan fingerprint density at radius 3 is 1.93 bits per heavy atom. The van der Waals surface area contributed by atoms with Crippen LogP contribution >= 0.6 is 15.6 Å².